The Labute approximate surface area is 166 Å². The van der Waals surface area contributed by atoms with Gasteiger partial charge in [-0.2, -0.15) is 0 Å². The molecule has 0 bridgehead atoms. The van der Waals surface area contributed by atoms with Crippen molar-refractivity contribution in [2.24, 2.45) is 0 Å². The Morgan fingerprint density at radius 1 is 1.14 bits per heavy atom. The van der Waals surface area contributed by atoms with Crippen LogP contribution in [0, 0.1) is 5.82 Å². The van der Waals surface area contributed by atoms with E-state index in [1.807, 2.05) is 6.07 Å². The number of benzene rings is 2. The number of furan rings is 1. The Morgan fingerprint density at radius 2 is 1.97 bits per heavy atom. The van der Waals surface area contributed by atoms with Gasteiger partial charge in [0, 0.05) is 24.3 Å². The highest BCUT2D eigenvalue weighted by atomic mass is 19.1. The highest BCUT2D eigenvalue weighted by molar-refractivity contribution is 6.03. The number of hydrogen-bond donors (Lipinski definition) is 1. The van der Waals surface area contributed by atoms with Crippen molar-refractivity contribution < 1.29 is 23.1 Å². The van der Waals surface area contributed by atoms with E-state index in [0.717, 1.165) is 12.1 Å². The number of carbonyl (C=O) groups excluding carboxylic acids is 2. The molecule has 1 N–H and O–H groups in total. The lowest BCUT2D eigenvalue weighted by atomic mass is 10.2. The predicted octanol–water partition coefficient (Wildman–Crippen LogP) is 4.38. The highest BCUT2D eigenvalue weighted by Crippen LogP contribution is 2.24. The molecule has 6 nitrogen and oxygen atoms in total. The van der Waals surface area contributed by atoms with E-state index in [0.29, 0.717) is 30.2 Å². The largest absolute Gasteiger partial charge is 0.486 e. The summed E-state index contributed by atoms with van der Waals surface area (Å²) in [4.78, 5) is 26.1. The minimum atomic E-state index is -0.400. The van der Waals surface area contributed by atoms with Crippen LogP contribution < -0.4 is 15.0 Å². The quantitative estimate of drug-likeness (QED) is 0.674. The van der Waals surface area contributed by atoms with Crippen molar-refractivity contribution in [1.82, 2.24) is 0 Å². The summed E-state index contributed by atoms with van der Waals surface area (Å²) in [7, 11) is 0. The van der Waals surface area contributed by atoms with E-state index >= 15 is 0 Å². The van der Waals surface area contributed by atoms with Crippen molar-refractivity contribution in [3.05, 3.63) is 78.0 Å². The van der Waals surface area contributed by atoms with Gasteiger partial charge in [-0.3, -0.25) is 9.59 Å². The molecule has 2 heterocycles. The normalized spacial score (nSPS) is 13.6. The summed E-state index contributed by atoms with van der Waals surface area (Å²) in [5, 5.41) is 2.78. The van der Waals surface area contributed by atoms with E-state index in [-0.39, 0.29) is 24.1 Å². The van der Waals surface area contributed by atoms with Crippen LogP contribution in [-0.4, -0.2) is 18.4 Å². The zero-order valence-electron chi connectivity index (χ0n) is 15.6. The second-order valence-electron chi connectivity index (χ2n) is 6.66. The topological polar surface area (TPSA) is 71.8 Å². The number of carbonyl (C=O) groups is 2. The fourth-order valence-electron chi connectivity index (χ4n) is 3.13. The smallest absolute Gasteiger partial charge is 0.291 e. The summed E-state index contributed by atoms with van der Waals surface area (Å²) in [6.45, 7) is 0.803. The lowest BCUT2D eigenvalue weighted by Gasteiger charge is -2.16. The van der Waals surface area contributed by atoms with E-state index in [2.05, 4.69) is 5.32 Å². The Kier molecular flexibility index (Phi) is 5.29. The molecule has 0 saturated carbocycles. The molecule has 0 spiro atoms. The van der Waals surface area contributed by atoms with Crippen molar-refractivity contribution in [2.45, 2.75) is 19.4 Å². The molecule has 3 aromatic rings. The van der Waals surface area contributed by atoms with Crippen molar-refractivity contribution in [1.29, 1.82) is 0 Å². The van der Waals surface area contributed by atoms with Crippen molar-refractivity contribution in [3.8, 4) is 5.75 Å². The lowest BCUT2D eigenvalue weighted by Crippen LogP contribution is -2.23. The summed E-state index contributed by atoms with van der Waals surface area (Å²) in [5.41, 5.74) is 1.34. The van der Waals surface area contributed by atoms with Crippen LogP contribution in [-0.2, 0) is 11.4 Å². The number of amides is 2. The molecule has 4 rings (SSSR count). The molecule has 29 heavy (non-hydrogen) atoms. The van der Waals surface area contributed by atoms with Gasteiger partial charge in [-0.15, -0.1) is 0 Å². The first-order valence-electron chi connectivity index (χ1n) is 9.27. The number of anilines is 2. The Balaban J connectivity index is 1.38. The van der Waals surface area contributed by atoms with Gasteiger partial charge >= 0.3 is 0 Å². The molecule has 2 amide bonds. The third kappa shape index (κ3) is 4.45. The molecule has 0 atom stereocenters. The maximum absolute atomic E-state index is 12.9. The van der Waals surface area contributed by atoms with E-state index < -0.39 is 5.91 Å². The summed E-state index contributed by atoms with van der Waals surface area (Å²) >= 11 is 0. The van der Waals surface area contributed by atoms with Crippen LogP contribution in [0.1, 0.15) is 29.2 Å². The number of rotatable bonds is 6. The second kappa shape index (κ2) is 8.18. The van der Waals surface area contributed by atoms with Gasteiger partial charge in [-0.1, -0.05) is 6.07 Å². The standard InChI is InChI=1S/C22H19FN2O4/c23-15-6-8-18(9-7-15)28-14-19-10-11-20(29-19)22(27)24-16-3-1-4-17(13-16)25-12-2-5-21(25)26/h1,3-4,6-11,13H,2,5,12,14H2,(H,24,27). The van der Waals surface area contributed by atoms with Crippen molar-refractivity contribution in [2.75, 3.05) is 16.8 Å². The number of nitrogens with zero attached hydrogens (tertiary/aromatic N) is 1. The third-order valence-corrected chi connectivity index (χ3v) is 4.57. The molecule has 1 saturated heterocycles. The second-order valence-corrected chi connectivity index (χ2v) is 6.66. The van der Waals surface area contributed by atoms with Crippen LogP contribution in [0.4, 0.5) is 15.8 Å². The first-order chi connectivity index (χ1) is 14.1. The average molecular weight is 394 g/mol. The molecule has 1 fully saturated rings. The van der Waals surface area contributed by atoms with Crippen LogP contribution in [0.25, 0.3) is 0 Å². The Morgan fingerprint density at radius 3 is 2.72 bits per heavy atom. The van der Waals surface area contributed by atoms with Gasteiger partial charge in [0.15, 0.2) is 5.76 Å². The fourth-order valence-corrected chi connectivity index (χ4v) is 3.13. The van der Waals surface area contributed by atoms with Crippen LogP contribution in [0.2, 0.25) is 0 Å². The molecule has 0 aliphatic carbocycles. The maximum Gasteiger partial charge on any atom is 0.291 e. The van der Waals surface area contributed by atoms with Crippen LogP contribution in [0.15, 0.2) is 65.1 Å². The lowest BCUT2D eigenvalue weighted by molar-refractivity contribution is -0.117. The molecule has 0 radical (unpaired) electrons. The van der Waals surface area contributed by atoms with E-state index in [1.165, 1.54) is 24.3 Å². The molecule has 1 aromatic heterocycles. The first kappa shape index (κ1) is 18.7. The zero-order chi connectivity index (χ0) is 20.2. The van der Waals surface area contributed by atoms with Gasteiger partial charge in [0.05, 0.1) is 0 Å². The number of ether oxygens (including phenoxy) is 1. The molecule has 1 aliphatic rings. The van der Waals surface area contributed by atoms with Gasteiger partial charge in [0.2, 0.25) is 5.91 Å². The van der Waals surface area contributed by atoms with E-state index in [9.17, 15) is 14.0 Å². The molecule has 7 heteroatoms. The summed E-state index contributed by atoms with van der Waals surface area (Å²) in [5.74, 6) is 0.462. The monoisotopic (exact) mass is 394 g/mol. The summed E-state index contributed by atoms with van der Waals surface area (Å²) in [6, 6.07) is 16.0. The molecule has 1 aliphatic heterocycles. The Bertz CT molecular complexity index is 1030. The SMILES string of the molecule is O=C(Nc1cccc(N2CCCC2=O)c1)c1ccc(COc2ccc(F)cc2)o1. The molecule has 0 unspecified atom stereocenters. The van der Waals surface area contributed by atoms with Crippen molar-refractivity contribution in [3.63, 3.8) is 0 Å². The van der Waals surface area contributed by atoms with Gasteiger partial charge in [-0.05, 0) is 61.0 Å². The fraction of sp³-hybridized carbons (Fsp3) is 0.182. The summed E-state index contributed by atoms with van der Waals surface area (Å²) < 4.78 is 24.0. The zero-order valence-corrected chi connectivity index (χ0v) is 15.6. The van der Waals surface area contributed by atoms with E-state index in [4.69, 9.17) is 9.15 Å². The van der Waals surface area contributed by atoms with Crippen molar-refractivity contribution >= 4 is 23.2 Å². The highest BCUT2D eigenvalue weighted by Gasteiger charge is 2.22. The van der Waals surface area contributed by atoms with Crippen LogP contribution in [0.3, 0.4) is 0 Å². The van der Waals surface area contributed by atoms with Crippen LogP contribution in [0.5, 0.6) is 5.75 Å². The number of halogens is 1. The van der Waals surface area contributed by atoms with Crippen LogP contribution >= 0.6 is 0 Å². The van der Waals surface area contributed by atoms with Gasteiger partial charge in [-0.25, -0.2) is 4.39 Å². The third-order valence-electron chi connectivity index (χ3n) is 4.57. The molecule has 148 valence electrons. The minimum absolute atomic E-state index is 0.0882. The van der Waals surface area contributed by atoms with Gasteiger partial charge in [0.1, 0.15) is 23.9 Å². The molecular weight excluding hydrogens is 375 g/mol. The Hall–Kier alpha value is -3.61. The first-order valence-corrected chi connectivity index (χ1v) is 9.27. The summed E-state index contributed by atoms with van der Waals surface area (Å²) in [6.07, 6.45) is 1.39. The van der Waals surface area contributed by atoms with Gasteiger partial charge < -0.3 is 19.4 Å². The average Bonchev–Trinajstić information content (AvgIpc) is 3.37. The van der Waals surface area contributed by atoms with Gasteiger partial charge in [0.25, 0.3) is 5.91 Å². The molecular formula is C22H19FN2O4. The van der Waals surface area contributed by atoms with E-state index in [1.54, 1.807) is 35.2 Å². The predicted molar refractivity (Wildman–Crippen MR) is 105 cm³/mol. The number of nitrogens with one attached hydrogen (secondary N) is 1. The number of hydrogen-bond acceptors (Lipinski definition) is 4. The molecule has 2 aromatic carbocycles. The minimum Gasteiger partial charge on any atom is -0.486 e. The maximum atomic E-state index is 12.9.